The van der Waals surface area contributed by atoms with Gasteiger partial charge in [-0.1, -0.05) is 27.7 Å². The molecule has 0 unspecified atom stereocenters. The van der Waals surface area contributed by atoms with Crippen LogP contribution >= 0.6 is 0 Å². The number of hydrogen-bond acceptors (Lipinski definition) is 11. The molecule has 41 heavy (non-hydrogen) atoms. The van der Waals surface area contributed by atoms with Crippen molar-refractivity contribution in [3.8, 4) is 0 Å². The van der Waals surface area contributed by atoms with Gasteiger partial charge < -0.3 is 38.3 Å². The van der Waals surface area contributed by atoms with Crippen molar-refractivity contribution in [1.29, 1.82) is 0 Å². The van der Waals surface area contributed by atoms with Crippen LogP contribution in [0.3, 0.4) is 0 Å². The maximum atomic E-state index is 13.0. The van der Waals surface area contributed by atoms with E-state index in [1.54, 1.807) is 14.0 Å². The van der Waals surface area contributed by atoms with Crippen LogP contribution in [0.25, 0.3) is 0 Å². The van der Waals surface area contributed by atoms with Gasteiger partial charge in [0.1, 0.15) is 18.3 Å². The number of aliphatic hydroxyl groups is 1. The summed E-state index contributed by atoms with van der Waals surface area (Å²) in [7, 11) is 1.62. The second kappa shape index (κ2) is 11.0. The summed E-state index contributed by atoms with van der Waals surface area (Å²) in [5, 5.41) is 11.7. The molecule has 0 aromatic carbocycles. The summed E-state index contributed by atoms with van der Waals surface area (Å²) in [6.07, 6.45) is -0.987. The molecule has 1 spiro atoms. The predicted octanol–water partition coefficient (Wildman–Crippen LogP) is 2.75. The molecule has 3 saturated heterocycles. The molecule has 0 aromatic rings. The molecule has 2 aliphatic carbocycles. The maximum absolute atomic E-state index is 13.0. The lowest BCUT2D eigenvalue weighted by Gasteiger charge is -2.65. The summed E-state index contributed by atoms with van der Waals surface area (Å²) in [6, 6.07) is 0. The first-order chi connectivity index (χ1) is 19.3. The molecule has 13 atom stereocenters. The van der Waals surface area contributed by atoms with E-state index in [4.69, 9.17) is 33.2 Å². The molecule has 5 rings (SSSR count). The Kier molecular flexibility index (Phi) is 8.26. The van der Waals surface area contributed by atoms with Crippen molar-refractivity contribution in [2.45, 2.75) is 116 Å². The van der Waals surface area contributed by atoms with Gasteiger partial charge in [0.05, 0.1) is 30.1 Å². The van der Waals surface area contributed by atoms with E-state index in [-0.39, 0.29) is 55.7 Å². The molecular formula is C30H46O11. The van der Waals surface area contributed by atoms with Gasteiger partial charge in [-0.05, 0) is 37.5 Å². The Balaban J connectivity index is 1.59. The molecule has 0 radical (unpaired) electrons. The van der Waals surface area contributed by atoms with Crippen molar-refractivity contribution >= 4 is 17.9 Å². The molecule has 1 N–H and O–H groups in total. The van der Waals surface area contributed by atoms with Gasteiger partial charge in [0.25, 0.3) is 0 Å². The molecule has 5 aliphatic rings. The Hall–Kier alpha value is -1.79. The van der Waals surface area contributed by atoms with Crippen LogP contribution in [0.5, 0.6) is 0 Å². The molecule has 3 aliphatic heterocycles. The summed E-state index contributed by atoms with van der Waals surface area (Å²) in [6.45, 7) is 10.7. The Labute approximate surface area is 241 Å². The van der Waals surface area contributed by atoms with Crippen molar-refractivity contribution < 1.29 is 52.6 Å². The van der Waals surface area contributed by atoms with E-state index in [1.807, 2.05) is 6.92 Å². The third-order valence-electron chi connectivity index (χ3n) is 11.1. The summed E-state index contributed by atoms with van der Waals surface area (Å²) >= 11 is 0. The molecular weight excluding hydrogens is 536 g/mol. The van der Waals surface area contributed by atoms with Crippen molar-refractivity contribution in [2.75, 3.05) is 20.3 Å². The van der Waals surface area contributed by atoms with E-state index < -0.39 is 58.9 Å². The predicted molar refractivity (Wildman–Crippen MR) is 142 cm³/mol. The fourth-order valence-corrected chi connectivity index (χ4v) is 8.47. The van der Waals surface area contributed by atoms with Gasteiger partial charge in [-0.25, -0.2) is 0 Å². The lowest BCUT2D eigenvalue weighted by Crippen LogP contribution is -2.74. The highest BCUT2D eigenvalue weighted by Crippen LogP contribution is 2.70. The number of carbonyl (C=O) groups excluding carboxylic acids is 3. The smallest absolute Gasteiger partial charge is 0.309 e. The molecule has 0 bridgehead atoms. The van der Waals surface area contributed by atoms with Gasteiger partial charge in [0.2, 0.25) is 0 Å². The van der Waals surface area contributed by atoms with Crippen molar-refractivity contribution in [1.82, 2.24) is 0 Å². The topological polar surface area (TPSA) is 139 Å². The Morgan fingerprint density at radius 1 is 1.05 bits per heavy atom. The van der Waals surface area contributed by atoms with Crippen LogP contribution in [0.2, 0.25) is 0 Å². The summed E-state index contributed by atoms with van der Waals surface area (Å²) in [4.78, 5) is 37.8. The number of ether oxygens (including phenoxy) is 7. The molecule has 0 amide bonds. The van der Waals surface area contributed by atoms with Gasteiger partial charge in [0.15, 0.2) is 18.7 Å². The summed E-state index contributed by atoms with van der Waals surface area (Å²) < 4.78 is 42.1. The zero-order valence-corrected chi connectivity index (χ0v) is 25.3. The van der Waals surface area contributed by atoms with Gasteiger partial charge in [0, 0.05) is 38.7 Å². The first-order valence-electron chi connectivity index (χ1n) is 15.0. The molecule has 11 nitrogen and oxygen atoms in total. The van der Waals surface area contributed by atoms with Crippen LogP contribution in [0.4, 0.5) is 0 Å². The van der Waals surface area contributed by atoms with Crippen LogP contribution in [0.1, 0.15) is 73.6 Å². The van der Waals surface area contributed by atoms with Gasteiger partial charge in [-0.3, -0.25) is 14.4 Å². The number of rotatable bonds is 8. The number of esters is 3. The monoisotopic (exact) mass is 582 g/mol. The zero-order chi connectivity index (χ0) is 29.9. The van der Waals surface area contributed by atoms with E-state index in [1.165, 1.54) is 13.8 Å². The average Bonchev–Trinajstić information content (AvgIpc) is 3.45. The number of epoxide rings is 1. The minimum Gasteiger partial charge on any atom is -0.465 e. The fraction of sp³-hybridized carbons (Fsp3) is 0.900. The SMILES string of the molecule is CC[C@H](C)C(=O)O[C@H]1[C@H](O)C[C@@H]2[C@@](C)([C@@H]3C[C@H]4C[C@H](OC)O[C@H]4O3)[C@H](C)C[C@H](OC(C)=O)[C@@]2(COC(C)=O)[C@@]12CO2. The standard InChI is InChI=1S/C30H46O11/c1-8-15(2)26(34)41-25-20(33)12-21-28(6,22-10-19-11-24(35-7)40-27(19)39-22)16(3)9-23(38-18(5)32)29(21,13-36-17(4)31)30(25)14-37-30/h15-16,19-25,27,33H,8-14H2,1-7H3/t15-,16+,19-,20+,21+,22-,23-,24+,25-,27+,28-,29-,30+/m0/s1. The second-order valence-corrected chi connectivity index (χ2v) is 13.1. The highest BCUT2D eigenvalue weighted by atomic mass is 16.8. The maximum Gasteiger partial charge on any atom is 0.309 e. The minimum absolute atomic E-state index is 0.00781. The molecule has 0 aromatic heterocycles. The lowest BCUT2D eigenvalue weighted by molar-refractivity contribution is -0.289. The van der Waals surface area contributed by atoms with E-state index >= 15 is 0 Å². The normalized spacial score (nSPS) is 47.3. The first-order valence-corrected chi connectivity index (χ1v) is 15.0. The summed E-state index contributed by atoms with van der Waals surface area (Å²) in [5.74, 6) is -1.98. The van der Waals surface area contributed by atoms with E-state index in [9.17, 15) is 19.5 Å². The second-order valence-electron chi connectivity index (χ2n) is 13.1. The highest BCUT2D eigenvalue weighted by molar-refractivity contribution is 5.72. The Bertz CT molecular complexity index is 1010. The van der Waals surface area contributed by atoms with Crippen LogP contribution in [-0.4, -0.2) is 85.9 Å². The molecule has 3 heterocycles. The Morgan fingerprint density at radius 2 is 1.76 bits per heavy atom. The molecule has 232 valence electrons. The van der Waals surface area contributed by atoms with Crippen LogP contribution < -0.4 is 0 Å². The molecule has 2 saturated carbocycles. The van der Waals surface area contributed by atoms with Crippen molar-refractivity contribution in [3.05, 3.63) is 0 Å². The zero-order valence-electron chi connectivity index (χ0n) is 25.3. The minimum atomic E-state index is -1.21. The number of carbonyl (C=O) groups is 3. The van der Waals surface area contributed by atoms with Crippen LogP contribution in [0, 0.1) is 34.5 Å². The number of hydrogen-bond donors (Lipinski definition) is 1. The number of aliphatic hydroxyl groups excluding tert-OH is 1. The van der Waals surface area contributed by atoms with Gasteiger partial charge in [-0.15, -0.1) is 0 Å². The van der Waals surface area contributed by atoms with Crippen molar-refractivity contribution in [3.63, 3.8) is 0 Å². The fourth-order valence-electron chi connectivity index (χ4n) is 8.47. The van der Waals surface area contributed by atoms with Gasteiger partial charge >= 0.3 is 17.9 Å². The third kappa shape index (κ3) is 4.80. The first kappa shape index (κ1) is 30.7. The van der Waals surface area contributed by atoms with E-state index in [2.05, 4.69) is 13.8 Å². The molecule has 11 heteroatoms. The van der Waals surface area contributed by atoms with Gasteiger partial charge in [-0.2, -0.15) is 0 Å². The van der Waals surface area contributed by atoms with Crippen LogP contribution in [0.15, 0.2) is 0 Å². The average molecular weight is 583 g/mol. The van der Waals surface area contributed by atoms with E-state index in [0.717, 1.165) is 12.8 Å². The Morgan fingerprint density at radius 3 is 2.32 bits per heavy atom. The number of methoxy groups -OCH3 is 1. The number of fused-ring (bicyclic) bond motifs is 3. The van der Waals surface area contributed by atoms with E-state index in [0.29, 0.717) is 12.8 Å². The quantitative estimate of drug-likeness (QED) is 0.257. The summed E-state index contributed by atoms with van der Waals surface area (Å²) in [5.41, 5.74) is -2.86. The van der Waals surface area contributed by atoms with Crippen molar-refractivity contribution in [2.24, 2.45) is 34.5 Å². The van der Waals surface area contributed by atoms with Crippen LogP contribution in [-0.2, 0) is 47.5 Å². The highest BCUT2D eigenvalue weighted by Gasteiger charge is 2.81. The molecule has 5 fully saturated rings. The lowest BCUT2D eigenvalue weighted by atomic mass is 9.41. The third-order valence-corrected chi connectivity index (χ3v) is 11.1. The largest absolute Gasteiger partial charge is 0.465 e.